The molecule has 0 aliphatic rings. The summed E-state index contributed by atoms with van der Waals surface area (Å²) in [7, 11) is 0. The minimum Gasteiger partial charge on any atom is -0.322 e. The van der Waals surface area contributed by atoms with Crippen molar-refractivity contribution in [1.82, 2.24) is 9.38 Å². The third kappa shape index (κ3) is 2.97. The number of benzene rings is 2. The van der Waals surface area contributed by atoms with E-state index in [2.05, 4.69) is 10.3 Å². The molecule has 1 amide bonds. The number of amides is 1. The molecule has 2 aromatic heterocycles. The first-order valence-corrected chi connectivity index (χ1v) is 8.53. The minimum atomic E-state index is -0.134. The molecule has 128 valence electrons. The van der Waals surface area contributed by atoms with Gasteiger partial charge >= 0.3 is 0 Å². The van der Waals surface area contributed by atoms with E-state index in [-0.39, 0.29) is 5.91 Å². The summed E-state index contributed by atoms with van der Waals surface area (Å²) in [6.07, 6.45) is 3.84. The van der Waals surface area contributed by atoms with E-state index >= 15 is 0 Å². The maximum atomic E-state index is 12.6. The van der Waals surface area contributed by atoms with Crippen molar-refractivity contribution in [3.63, 3.8) is 0 Å². The molecule has 4 heteroatoms. The van der Waals surface area contributed by atoms with Crippen LogP contribution in [0.5, 0.6) is 0 Å². The zero-order chi connectivity index (χ0) is 18.1. The Balaban J connectivity index is 1.64. The van der Waals surface area contributed by atoms with Crippen molar-refractivity contribution in [2.75, 3.05) is 5.32 Å². The van der Waals surface area contributed by atoms with Gasteiger partial charge in [0.15, 0.2) is 0 Å². The van der Waals surface area contributed by atoms with E-state index in [9.17, 15) is 4.79 Å². The fraction of sp³-hybridized carbons (Fsp3) is 0.0909. The smallest absolute Gasteiger partial charge is 0.255 e. The van der Waals surface area contributed by atoms with Gasteiger partial charge in [-0.3, -0.25) is 4.79 Å². The molecule has 0 unspecified atom stereocenters. The number of carbonyl (C=O) groups is 1. The number of imidazole rings is 1. The van der Waals surface area contributed by atoms with E-state index in [0.29, 0.717) is 5.56 Å². The first-order chi connectivity index (χ1) is 12.6. The molecule has 0 atom stereocenters. The minimum absolute atomic E-state index is 0.134. The van der Waals surface area contributed by atoms with E-state index in [4.69, 9.17) is 0 Å². The Hall–Kier alpha value is -3.40. The fourth-order valence-electron chi connectivity index (χ4n) is 2.95. The van der Waals surface area contributed by atoms with Gasteiger partial charge in [0, 0.05) is 29.2 Å². The number of pyridine rings is 1. The second kappa shape index (κ2) is 6.48. The van der Waals surface area contributed by atoms with Crippen LogP contribution in [0.2, 0.25) is 0 Å². The number of hydrogen-bond donors (Lipinski definition) is 1. The van der Waals surface area contributed by atoms with Crippen LogP contribution in [-0.4, -0.2) is 15.3 Å². The zero-order valence-electron chi connectivity index (χ0n) is 14.7. The van der Waals surface area contributed by atoms with Gasteiger partial charge in [0.2, 0.25) is 0 Å². The molecule has 4 nitrogen and oxygen atoms in total. The Morgan fingerprint density at radius 1 is 1.00 bits per heavy atom. The van der Waals surface area contributed by atoms with E-state index < -0.39 is 0 Å². The summed E-state index contributed by atoms with van der Waals surface area (Å²) < 4.78 is 1.93. The summed E-state index contributed by atoms with van der Waals surface area (Å²) in [6.45, 7) is 4.04. The van der Waals surface area contributed by atoms with Gasteiger partial charge in [-0.25, -0.2) is 4.98 Å². The molecule has 0 bridgehead atoms. The normalized spacial score (nSPS) is 10.8. The summed E-state index contributed by atoms with van der Waals surface area (Å²) >= 11 is 0. The molecule has 1 N–H and O–H groups in total. The molecule has 4 rings (SSSR count). The highest BCUT2D eigenvalue weighted by atomic mass is 16.1. The lowest BCUT2D eigenvalue weighted by molar-refractivity contribution is 0.102. The average Bonchev–Trinajstić information content (AvgIpc) is 3.09. The standard InChI is InChI=1S/C22H19N3O/c1-15-7-6-10-19(16(15)2)24-22(26)18-11-12-25-14-20(23-21(25)13-18)17-8-4-3-5-9-17/h3-14H,1-2H3,(H,24,26). The highest BCUT2D eigenvalue weighted by molar-refractivity contribution is 6.05. The SMILES string of the molecule is Cc1cccc(NC(=O)c2ccn3cc(-c4ccccc4)nc3c2)c1C. The van der Waals surface area contributed by atoms with Crippen LogP contribution in [0.4, 0.5) is 5.69 Å². The molecule has 0 saturated carbocycles. The van der Waals surface area contributed by atoms with Crippen molar-refractivity contribution < 1.29 is 4.79 Å². The maximum Gasteiger partial charge on any atom is 0.255 e. The van der Waals surface area contributed by atoms with Crippen LogP contribution in [-0.2, 0) is 0 Å². The molecule has 4 aromatic rings. The van der Waals surface area contributed by atoms with Gasteiger partial charge in [-0.05, 0) is 43.2 Å². The van der Waals surface area contributed by atoms with Crippen LogP contribution in [0.15, 0.2) is 73.1 Å². The number of nitrogens with one attached hydrogen (secondary N) is 1. The summed E-state index contributed by atoms with van der Waals surface area (Å²) in [5.41, 5.74) is 6.34. The van der Waals surface area contributed by atoms with E-state index in [1.807, 2.05) is 91.3 Å². The Morgan fingerprint density at radius 2 is 1.81 bits per heavy atom. The fourth-order valence-corrected chi connectivity index (χ4v) is 2.95. The van der Waals surface area contributed by atoms with Crippen LogP contribution in [0.3, 0.4) is 0 Å². The number of aryl methyl sites for hydroxylation is 1. The van der Waals surface area contributed by atoms with Crippen LogP contribution in [0, 0.1) is 13.8 Å². The quantitative estimate of drug-likeness (QED) is 0.578. The number of fused-ring (bicyclic) bond motifs is 1. The van der Waals surface area contributed by atoms with Gasteiger partial charge in [0.05, 0.1) is 5.69 Å². The third-order valence-corrected chi connectivity index (χ3v) is 4.64. The van der Waals surface area contributed by atoms with Gasteiger partial charge < -0.3 is 9.72 Å². The Morgan fingerprint density at radius 3 is 2.62 bits per heavy atom. The summed E-state index contributed by atoms with van der Waals surface area (Å²) in [5, 5.41) is 2.99. The highest BCUT2D eigenvalue weighted by Crippen LogP contribution is 2.21. The molecule has 0 fully saturated rings. The van der Waals surface area contributed by atoms with Crippen LogP contribution >= 0.6 is 0 Å². The lowest BCUT2D eigenvalue weighted by Crippen LogP contribution is -2.13. The van der Waals surface area contributed by atoms with Crippen LogP contribution in [0.25, 0.3) is 16.9 Å². The Kier molecular flexibility index (Phi) is 4.01. The zero-order valence-corrected chi connectivity index (χ0v) is 14.7. The molecule has 2 aromatic carbocycles. The predicted molar refractivity (Wildman–Crippen MR) is 104 cm³/mol. The van der Waals surface area contributed by atoms with Gasteiger partial charge in [-0.1, -0.05) is 42.5 Å². The molecular formula is C22H19N3O. The number of aromatic nitrogens is 2. The number of hydrogen-bond acceptors (Lipinski definition) is 2. The first kappa shape index (κ1) is 16.1. The summed E-state index contributed by atoms with van der Waals surface area (Å²) in [4.78, 5) is 17.3. The Bertz CT molecular complexity index is 1100. The molecule has 0 aliphatic carbocycles. The van der Waals surface area contributed by atoms with E-state index in [0.717, 1.165) is 33.7 Å². The van der Waals surface area contributed by atoms with Crippen molar-refractivity contribution >= 4 is 17.2 Å². The average molecular weight is 341 g/mol. The van der Waals surface area contributed by atoms with Crippen molar-refractivity contribution in [2.45, 2.75) is 13.8 Å². The van der Waals surface area contributed by atoms with Gasteiger partial charge in [-0.15, -0.1) is 0 Å². The lowest BCUT2D eigenvalue weighted by Gasteiger charge is -2.10. The van der Waals surface area contributed by atoms with E-state index in [1.54, 1.807) is 0 Å². The largest absolute Gasteiger partial charge is 0.322 e. The lowest BCUT2D eigenvalue weighted by atomic mass is 10.1. The van der Waals surface area contributed by atoms with Gasteiger partial charge in [0.25, 0.3) is 5.91 Å². The Labute approximate surface area is 152 Å². The number of carbonyl (C=O) groups excluding carboxylic acids is 1. The van der Waals surface area contributed by atoms with Crippen molar-refractivity contribution in [3.05, 3.63) is 89.7 Å². The molecule has 26 heavy (non-hydrogen) atoms. The maximum absolute atomic E-state index is 12.6. The second-order valence-electron chi connectivity index (χ2n) is 6.37. The monoisotopic (exact) mass is 341 g/mol. The van der Waals surface area contributed by atoms with Gasteiger partial charge in [0.1, 0.15) is 5.65 Å². The van der Waals surface area contributed by atoms with Crippen molar-refractivity contribution in [1.29, 1.82) is 0 Å². The highest BCUT2D eigenvalue weighted by Gasteiger charge is 2.11. The summed E-state index contributed by atoms with van der Waals surface area (Å²) in [6, 6.07) is 19.5. The first-order valence-electron chi connectivity index (χ1n) is 8.53. The molecular weight excluding hydrogens is 322 g/mol. The molecule has 0 saturated heterocycles. The number of rotatable bonds is 3. The van der Waals surface area contributed by atoms with Gasteiger partial charge in [-0.2, -0.15) is 0 Å². The van der Waals surface area contributed by atoms with Crippen LogP contribution < -0.4 is 5.32 Å². The van der Waals surface area contributed by atoms with E-state index in [1.165, 1.54) is 0 Å². The molecule has 0 radical (unpaired) electrons. The van der Waals surface area contributed by atoms with Crippen molar-refractivity contribution in [2.24, 2.45) is 0 Å². The third-order valence-electron chi connectivity index (χ3n) is 4.64. The molecule has 2 heterocycles. The van der Waals surface area contributed by atoms with Crippen molar-refractivity contribution in [3.8, 4) is 11.3 Å². The molecule has 0 aliphatic heterocycles. The predicted octanol–water partition coefficient (Wildman–Crippen LogP) is 4.87. The van der Waals surface area contributed by atoms with Crippen LogP contribution in [0.1, 0.15) is 21.5 Å². The topological polar surface area (TPSA) is 46.4 Å². The number of anilines is 1. The number of nitrogens with zero attached hydrogens (tertiary/aromatic N) is 2. The molecule has 0 spiro atoms. The second-order valence-corrected chi connectivity index (χ2v) is 6.37. The summed E-state index contributed by atoms with van der Waals surface area (Å²) in [5.74, 6) is -0.134.